The third-order valence-electron chi connectivity index (χ3n) is 2.82. The first-order valence-corrected chi connectivity index (χ1v) is 7.41. The average molecular weight is 308 g/mol. The van der Waals surface area contributed by atoms with Crippen LogP contribution >= 0.6 is 11.8 Å². The number of aliphatic carboxylic acids is 1. The Bertz CT molecular complexity index is 683. The van der Waals surface area contributed by atoms with E-state index in [1.165, 1.54) is 0 Å². The maximum Gasteiger partial charge on any atom is 0.313 e. The highest BCUT2D eigenvalue weighted by molar-refractivity contribution is 7.99. The normalized spacial score (nSPS) is 10.9. The lowest BCUT2D eigenvalue weighted by atomic mass is 10.3. The first kappa shape index (κ1) is 15.3. The number of imidazole rings is 1. The first-order chi connectivity index (χ1) is 9.97. The average Bonchev–Trinajstić information content (AvgIpc) is 2.73. The van der Waals surface area contributed by atoms with E-state index in [0.717, 1.165) is 22.8 Å². The molecule has 2 aromatic heterocycles. The molecule has 0 aliphatic heterocycles. The zero-order valence-corrected chi connectivity index (χ0v) is 12.4. The van der Waals surface area contributed by atoms with Crippen LogP contribution in [0.3, 0.4) is 0 Å². The Labute approximate surface area is 125 Å². The van der Waals surface area contributed by atoms with Gasteiger partial charge in [-0.05, 0) is 25.0 Å². The molecule has 0 radical (unpaired) electrons. The lowest BCUT2D eigenvalue weighted by molar-refractivity contribution is -0.133. The molecule has 21 heavy (non-hydrogen) atoms. The van der Waals surface area contributed by atoms with E-state index in [-0.39, 0.29) is 18.1 Å². The van der Waals surface area contributed by atoms with Crippen molar-refractivity contribution < 1.29 is 14.7 Å². The van der Waals surface area contributed by atoms with Gasteiger partial charge in [-0.3, -0.25) is 9.59 Å². The number of pyridine rings is 1. The van der Waals surface area contributed by atoms with E-state index in [2.05, 4.69) is 9.97 Å². The minimum absolute atomic E-state index is 0.0713. The van der Waals surface area contributed by atoms with Crippen molar-refractivity contribution in [2.45, 2.75) is 31.5 Å². The fraction of sp³-hybridized carbons (Fsp3) is 0.385. The molecule has 0 unspecified atom stereocenters. The van der Waals surface area contributed by atoms with Gasteiger partial charge in [-0.1, -0.05) is 11.8 Å². The van der Waals surface area contributed by atoms with E-state index in [4.69, 9.17) is 10.8 Å². The number of nitrogens with two attached hydrogens (primary N) is 1. The summed E-state index contributed by atoms with van der Waals surface area (Å²) in [6.45, 7) is 2.44. The van der Waals surface area contributed by atoms with Crippen molar-refractivity contribution in [1.29, 1.82) is 0 Å². The summed E-state index contributed by atoms with van der Waals surface area (Å²) < 4.78 is 1.84. The molecule has 0 atom stereocenters. The number of fused-ring (bicyclic) bond motifs is 1. The van der Waals surface area contributed by atoms with Gasteiger partial charge in [0.05, 0.1) is 5.75 Å². The molecule has 8 heteroatoms. The van der Waals surface area contributed by atoms with Gasteiger partial charge in [0.25, 0.3) is 0 Å². The Morgan fingerprint density at radius 3 is 2.90 bits per heavy atom. The van der Waals surface area contributed by atoms with E-state index < -0.39 is 5.97 Å². The monoisotopic (exact) mass is 308 g/mol. The van der Waals surface area contributed by atoms with Crippen LogP contribution in [0.4, 0.5) is 0 Å². The molecular weight excluding hydrogens is 292 g/mol. The number of primary amides is 1. The quantitative estimate of drug-likeness (QED) is 0.743. The third-order valence-corrected chi connectivity index (χ3v) is 3.78. The molecular formula is C13H16N4O3S. The molecule has 112 valence electrons. The smallest absolute Gasteiger partial charge is 0.313 e. The second-order valence-corrected chi connectivity index (χ2v) is 5.60. The van der Waals surface area contributed by atoms with Gasteiger partial charge in [-0.25, -0.2) is 9.97 Å². The van der Waals surface area contributed by atoms with Crippen LogP contribution in [-0.2, 0) is 16.1 Å². The van der Waals surface area contributed by atoms with Crippen LogP contribution in [0.1, 0.15) is 18.4 Å². The highest BCUT2D eigenvalue weighted by Gasteiger charge is 2.14. The van der Waals surface area contributed by atoms with Crippen molar-refractivity contribution in [3.8, 4) is 0 Å². The number of rotatable bonds is 7. The number of carboxylic acids is 1. The fourth-order valence-corrected chi connectivity index (χ4v) is 2.69. The number of carboxylic acid groups (broad SMARTS) is 1. The Morgan fingerprint density at radius 1 is 1.48 bits per heavy atom. The summed E-state index contributed by atoms with van der Waals surface area (Å²) in [6.07, 6.45) is 2.58. The summed E-state index contributed by atoms with van der Waals surface area (Å²) in [4.78, 5) is 30.3. The number of carbonyl (C=O) groups is 2. The molecule has 0 saturated heterocycles. The van der Waals surface area contributed by atoms with E-state index in [1.54, 1.807) is 6.20 Å². The number of amides is 1. The molecule has 0 aromatic carbocycles. The van der Waals surface area contributed by atoms with Crippen LogP contribution < -0.4 is 5.73 Å². The zero-order chi connectivity index (χ0) is 15.4. The minimum atomic E-state index is -0.903. The Balaban J connectivity index is 2.29. The van der Waals surface area contributed by atoms with Crippen molar-refractivity contribution >= 4 is 34.8 Å². The number of nitrogens with zero attached hydrogens (tertiary/aromatic N) is 3. The van der Waals surface area contributed by atoms with E-state index in [0.29, 0.717) is 23.8 Å². The molecule has 0 aliphatic carbocycles. The largest absolute Gasteiger partial charge is 0.481 e. The van der Waals surface area contributed by atoms with Crippen molar-refractivity contribution in [1.82, 2.24) is 14.5 Å². The highest BCUT2D eigenvalue weighted by Crippen LogP contribution is 2.24. The molecule has 0 spiro atoms. The SMILES string of the molecule is Cc1cnc2c(c1)nc(SCC(=O)O)n2CCCC(N)=O. The number of hydrogen-bond acceptors (Lipinski definition) is 5. The predicted molar refractivity (Wildman–Crippen MR) is 79.1 cm³/mol. The lowest BCUT2D eigenvalue weighted by Crippen LogP contribution is -2.12. The first-order valence-electron chi connectivity index (χ1n) is 6.43. The van der Waals surface area contributed by atoms with Crippen LogP contribution in [0.15, 0.2) is 17.4 Å². The van der Waals surface area contributed by atoms with Crippen molar-refractivity contribution in [2.75, 3.05) is 5.75 Å². The van der Waals surface area contributed by atoms with Gasteiger partial charge < -0.3 is 15.4 Å². The summed E-state index contributed by atoms with van der Waals surface area (Å²) in [5, 5.41) is 9.39. The van der Waals surface area contributed by atoms with Gasteiger partial charge in [-0.2, -0.15) is 0 Å². The van der Waals surface area contributed by atoms with Gasteiger partial charge in [0, 0.05) is 19.2 Å². The molecule has 2 heterocycles. The molecule has 2 aromatic rings. The Morgan fingerprint density at radius 2 is 2.24 bits per heavy atom. The second-order valence-electron chi connectivity index (χ2n) is 4.65. The summed E-state index contributed by atoms with van der Waals surface area (Å²) in [7, 11) is 0. The van der Waals surface area contributed by atoms with Crippen molar-refractivity contribution in [3.05, 3.63) is 17.8 Å². The molecule has 7 nitrogen and oxygen atoms in total. The van der Waals surface area contributed by atoms with Gasteiger partial charge in [0.15, 0.2) is 10.8 Å². The highest BCUT2D eigenvalue weighted by atomic mass is 32.2. The van der Waals surface area contributed by atoms with Crippen LogP contribution in [0.5, 0.6) is 0 Å². The third kappa shape index (κ3) is 3.94. The predicted octanol–water partition coefficient (Wildman–Crippen LogP) is 1.18. The van der Waals surface area contributed by atoms with E-state index in [1.807, 2.05) is 17.6 Å². The lowest BCUT2D eigenvalue weighted by Gasteiger charge is -2.06. The molecule has 0 bridgehead atoms. The Hall–Kier alpha value is -2.09. The number of thioether (sulfide) groups is 1. The van der Waals surface area contributed by atoms with Crippen LogP contribution in [0.25, 0.3) is 11.2 Å². The number of aromatic nitrogens is 3. The van der Waals surface area contributed by atoms with Gasteiger partial charge >= 0.3 is 5.97 Å². The van der Waals surface area contributed by atoms with E-state index in [9.17, 15) is 9.59 Å². The van der Waals surface area contributed by atoms with Crippen molar-refractivity contribution in [3.63, 3.8) is 0 Å². The minimum Gasteiger partial charge on any atom is -0.481 e. The van der Waals surface area contributed by atoms with Crippen LogP contribution in [0.2, 0.25) is 0 Å². The molecule has 0 fully saturated rings. The molecule has 3 N–H and O–H groups in total. The number of carbonyl (C=O) groups excluding carboxylic acids is 1. The standard InChI is InChI=1S/C13H16N4O3S/c1-8-5-9-12(15-6-8)17(4-2-3-10(14)18)13(16-9)21-7-11(19)20/h5-6H,2-4,7H2,1H3,(H2,14,18)(H,19,20). The molecule has 2 rings (SSSR count). The summed E-state index contributed by atoms with van der Waals surface area (Å²) in [6, 6.07) is 1.90. The molecule has 1 amide bonds. The number of hydrogen-bond donors (Lipinski definition) is 2. The Kier molecular flexibility index (Phi) is 4.79. The summed E-state index contributed by atoms with van der Waals surface area (Å²) in [5.41, 5.74) is 7.54. The topological polar surface area (TPSA) is 111 Å². The molecule has 0 saturated carbocycles. The maximum absolute atomic E-state index is 10.8. The second kappa shape index (κ2) is 6.57. The maximum atomic E-state index is 10.8. The number of aryl methyl sites for hydroxylation is 2. The van der Waals surface area contributed by atoms with Gasteiger partial charge in [-0.15, -0.1) is 0 Å². The van der Waals surface area contributed by atoms with Crippen LogP contribution in [-0.4, -0.2) is 37.3 Å². The summed E-state index contributed by atoms with van der Waals surface area (Å²) >= 11 is 1.14. The fourth-order valence-electron chi connectivity index (χ4n) is 1.94. The van der Waals surface area contributed by atoms with Gasteiger partial charge in [0.2, 0.25) is 5.91 Å². The van der Waals surface area contributed by atoms with Gasteiger partial charge in [0.1, 0.15) is 5.52 Å². The zero-order valence-electron chi connectivity index (χ0n) is 11.6. The van der Waals surface area contributed by atoms with E-state index >= 15 is 0 Å². The van der Waals surface area contributed by atoms with Crippen molar-refractivity contribution in [2.24, 2.45) is 5.73 Å². The van der Waals surface area contributed by atoms with Crippen LogP contribution in [0, 0.1) is 6.92 Å². The molecule has 0 aliphatic rings. The summed E-state index contributed by atoms with van der Waals surface area (Å²) in [5.74, 6) is -1.33.